The summed E-state index contributed by atoms with van der Waals surface area (Å²) in [7, 11) is 0. The van der Waals surface area contributed by atoms with Gasteiger partial charge in [-0.1, -0.05) is 30.8 Å². The lowest BCUT2D eigenvalue weighted by atomic mass is 10.1. The molecule has 1 aliphatic rings. The van der Waals surface area contributed by atoms with Crippen LogP contribution >= 0.6 is 0 Å². The SMILES string of the molecule is C=C1c2ccccc2C(O)C1(F)F. The van der Waals surface area contributed by atoms with Crippen molar-refractivity contribution < 1.29 is 13.9 Å². The fourth-order valence-electron chi connectivity index (χ4n) is 1.55. The van der Waals surface area contributed by atoms with Crippen molar-refractivity contribution in [2.45, 2.75) is 12.0 Å². The quantitative estimate of drug-likeness (QED) is 0.653. The van der Waals surface area contributed by atoms with E-state index in [0.29, 0.717) is 5.56 Å². The van der Waals surface area contributed by atoms with E-state index >= 15 is 0 Å². The Hall–Kier alpha value is -1.22. The van der Waals surface area contributed by atoms with E-state index in [9.17, 15) is 13.9 Å². The number of hydrogen-bond acceptors (Lipinski definition) is 1. The first kappa shape index (κ1) is 8.38. The smallest absolute Gasteiger partial charge is 0.302 e. The van der Waals surface area contributed by atoms with Gasteiger partial charge in [-0.25, -0.2) is 0 Å². The van der Waals surface area contributed by atoms with Crippen LogP contribution in [0.15, 0.2) is 30.8 Å². The largest absolute Gasteiger partial charge is 0.382 e. The highest BCUT2D eigenvalue weighted by molar-refractivity contribution is 5.77. The molecule has 1 aromatic carbocycles. The first-order valence-electron chi connectivity index (χ1n) is 3.89. The Kier molecular flexibility index (Phi) is 1.54. The molecule has 1 aliphatic carbocycles. The van der Waals surface area contributed by atoms with E-state index in [2.05, 4.69) is 6.58 Å². The van der Waals surface area contributed by atoms with Crippen molar-refractivity contribution >= 4 is 5.57 Å². The minimum Gasteiger partial charge on any atom is -0.382 e. The third kappa shape index (κ3) is 0.937. The number of alkyl halides is 2. The third-order valence-corrected chi connectivity index (χ3v) is 2.33. The van der Waals surface area contributed by atoms with Crippen molar-refractivity contribution in [3.8, 4) is 0 Å². The van der Waals surface area contributed by atoms with Gasteiger partial charge in [0.05, 0.1) is 0 Å². The predicted molar refractivity (Wildman–Crippen MR) is 45.4 cm³/mol. The van der Waals surface area contributed by atoms with Gasteiger partial charge < -0.3 is 5.11 Å². The Morgan fingerprint density at radius 1 is 1.31 bits per heavy atom. The maximum Gasteiger partial charge on any atom is 0.302 e. The van der Waals surface area contributed by atoms with Gasteiger partial charge in [-0.2, -0.15) is 8.78 Å². The summed E-state index contributed by atoms with van der Waals surface area (Å²) in [4.78, 5) is 0. The molecule has 68 valence electrons. The topological polar surface area (TPSA) is 20.2 Å². The molecule has 13 heavy (non-hydrogen) atoms. The van der Waals surface area contributed by atoms with Crippen LogP contribution in [-0.4, -0.2) is 11.0 Å². The third-order valence-electron chi connectivity index (χ3n) is 2.33. The highest BCUT2D eigenvalue weighted by Crippen LogP contribution is 2.49. The average Bonchev–Trinajstić information content (AvgIpc) is 2.30. The Morgan fingerprint density at radius 2 is 1.92 bits per heavy atom. The van der Waals surface area contributed by atoms with Gasteiger partial charge in [0, 0.05) is 5.57 Å². The zero-order valence-electron chi connectivity index (χ0n) is 6.80. The van der Waals surface area contributed by atoms with Crippen LogP contribution in [-0.2, 0) is 0 Å². The summed E-state index contributed by atoms with van der Waals surface area (Å²) in [5.41, 5.74) is 0.327. The second-order valence-electron chi connectivity index (χ2n) is 3.09. The first-order valence-corrected chi connectivity index (χ1v) is 3.89. The number of hydrogen-bond donors (Lipinski definition) is 1. The van der Waals surface area contributed by atoms with Gasteiger partial charge in [0.2, 0.25) is 0 Å². The van der Waals surface area contributed by atoms with Crippen LogP contribution in [0.3, 0.4) is 0 Å². The van der Waals surface area contributed by atoms with E-state index in [0.717, 1.165) is 0 Å². The van der Waals surface area contributed by atoms with Crippen molar-refractivity contribution in [3.05, 3.63) is 42.0 Å². The van der Waals surface area contributed by atoms with E-state index in [1.54, 1.807) is 18.2 Å². The van der Waals surface area contributed by atoms with Gasteiger partial charge in [-0.05, 0) is 11.1 Å². The number of aliphatic hydroxyl groups excluding tert-OH is 1. The Balaban J connectivity index is 2.64. The number of aliphatic hydroxyl groups is 1. The van der Waals surface area contributed by atoms with Crippen molar-refractivity contribution in [2.24, 2.45) is 0 Å². The summed E-state index contributed by atoms with van der Waals surface area (Å²) in [5.74, 6) is -3.22. The van der Waals surface area contributed by atoms with Crippen molar-refractivity contribution in [1.29, 1.82) is 0 Å². The number of fused-ring (bicyclic) bond motifs is 1. The Labute approximate surface area is 74.3 Å². The van der Waals surface area contributed by atoms with Crippen molar-refractivity contribution in [2.75, 3.05) is 0 Å². The van der Waals surface area contributed by atoms with Crippen LogP contribution in [0, 0.1) is 0 Å². The molecule has 3 heteroatoms. The Bertz CT molecular complexity index is 371. The molecule has 0 radical (unpaired) electrons. The van der Waals surface area contributed by atoms with Crippen LogP contribution < -0.4 is 0 Å². The predicted octanol–water partition coefficient (Wildman–Crippen LogP) is 2.38. The molecule has 1 nitrogen and oxygen atoms in total. The van der Waals surface area contributed by atoms with E-state index in [1.807, 2.05) is 0 Å². The summed E-state index contributed by atoms with van der Waals surface area (Å²) in [6.07, 6.45) is -1.74. The molecule has 1 atom stereocenters. The molecule has 0 aromatic heterocycles. The van der Waals surface area contributed by atoms with Gasteiger partial charge in [-0.15, -0.1) is 0 Å². The molecule has 0 saturated heterocycles. The summed E-state index contributed by atoms with van der Waals surface area (Å²) in [5, 5.41) is 9.27. The second-order valence-corrected chi connectivity index (χ2v) is 3.09. The number of rotatable bonds is 0. The summed E-state index contributed by atoms with van der Waals surface area (Å²) < 4.78 is 26.3. The molecule has 0 amide bonds. The van der Waals surface area contributed by atoms with Crippen LogP contribution in [0.2, 0.25) is 0 Å². The molecule has 0 spiro atoms. The average molecular weight is 182 g/mol. The van der Waals surface area contributed by atoms with Crippen LogP contribution in [0.5, 0.6) is 0 Å². The molecule has 0 saturated carbocycles. The Morgan fingerprint density at radius 3 is 2.54 bits per heavy atom. The zero-order valence-corrected chi connectivity index (χ0v) is 6.80. The molecule has 1 aromatic rings. The zero-order chi connectivity index (χ0) is 9.64. The number of halogens is 2. The van der Waals surface area contributed by atoms with Crippen molar-refractivity contribution in [3.63, 3.8) is 0 Å². The van der Waals surface area contributed by atoms with Gasteiger partial charge in [0.1, 0.15) is 6.10 Å². The van der Waals surface area contributed by atoms with Crippen LogP contribution in [0.25, 0.3) is 5.57 Å². The molecule has 0 fully saturated rings. The van der Waals surface area contributed by atoms with Gasteiger partial charge >= 0.3 is 5.92 Å². The standard InChI is InChI=1S/C10H8F2O/c1-6-7-4-2-3-5-8(7)9(13)10(6,11)12/h2-5,9,13H,1H2. The lowest BCUT2D eigenvalue weighted by Gasteiger charge is -2.14. The molecule has 0 aliphatic heterocycles. The fraction of sp³-hybridized carbons (Fsp3) is 0.200. The van der Waals surface area contributed by atoms with E-state index in [4.69, 9.17) is 0 Å². The highest BCUT2D eigenvalue weighted by Gasteiger charge is 2.49. The second kappa shape index (κ2) is 2.39. The van der Waals surface area contributed by atoms with Crippen LogP contribution in [0.1, 0.15) is 17.2 Å². The molecule has 1 unspecified atom stereocenters. The normalized spacial score (nSPS) is 24.5. The molecule has 2 rings (SSSR count). The van der Waals surface area contributed by atoms with Crippen LogP contribution in [0.4, 0.5) is 8.78 Å². The monoisotopic (exact) mass is 182 g/mol. The highest BCUT2D eigenvalue weighted by atomic mass is 19.3. The first-order chi connectivity index (χ1) is 6.05. The molecular weight excluding hydrogens is 174 g/mol. The number of benzene rings is 1. The maximum absolute atomic E-state index is 13.2. The van der Waals surface area contributed by atoms with E-state index in [1.165, 1.54) is 6.07 Å². The molecular formula is C10H8F2O. The van der Waals surface area contributed by atoms with E-state index in [-0.39, 0.29) is 11.1 Å². The molecule has 0 heterocycles. The fourth-order valence-corrected chi connectivity index (χ4v) is 1.55. The van der Waals surface area contributed by atoms with Gasteiger partial charge in [0.15, 0.2) is 0 Å². The lowest BCUT2D eigenvalue weighted by molar-refractivity contribution is -0.0550. The van der Waals surface area contributed by atoms with E-state index < -0.39 is 12.0 Å². The summed E-state index contributed by atoms with van der Waals surface area (Å²) in [6.45, 7) is 3.29. The maximum atomic E-state index is 13.2. The minimum atomic E-state index is -3.22. The van der Waals surface area contributed by atoms with Gasteiger partial charge in [0.25, 0.3) is 0 Å². The molecule has 1 N–H and O–H groups in total. The summed E-state index contributed by atoms with van der Waals surface area (Å²) >= 11 is 0. The minimum absolute atomic E-state index is 0.262. The molecule has 0 bridgehead atoms. The van der Waals surface area contributed by atoms with Crippen molar-refractivity contribution in [1.82, 2.24) is 0 Å². The van der Waals surface area contributed by atoms with Gasteiger partial charge in [-0.3, -0.25) is 0 Å². The summed E-state index contributed by atoms with van der Waals surface area (Å²) in [6, 6.07) is 6.31. The lowest BCUT2D eigenvalue weighted by Crippen LogP contribution is -2.20.